The molecule has 0 amide bonds. The summed E-state index contributed by atoms with van der Waals surface area (Å²) in [5.41, 5.74) is 0. The third-order valence-corrected chi connectivity index (χ3v) is 12.1. The molecule has 0 spiro atoms. The molecule has 1 fully saturated rings. The van der Waals surface area contributed by atoms with Crippen molar-refractivity contribution in [3.05, 3.63) is 158 Å². The van der Waals surface area contributed by atoms with Crippen LogP contribution < -0.4 is 0 Å². The number of ether oxygens (including phenoxy) is 5. The highest BCUT2D eigenvalue weighted by Crippen LogP contribution is 2.26. The third-order valence-electron chi connectivity index (χ3n) is 12.1. The van der Waals surface area contributed by atoms with Crippen LogP contribution in [0.4, 0.5) is 0 Å². The van der Waals surface area contributed by atoms with Crippen LogP contribution in [-0.2, 0) is 42.9 Å². The first-order chi connectivity index (χ1) is 38.6. The van der Waals surface area contributed by atoms with Gasteiger partial charge in [-0.25, -0.2) is 4.79 Å². The van der Waals surface area contributed by atoms with E-state index in [1.165, 1.54) is 12.8 Å². The second-order valence-corrected chi connectivity index (χ2v) is 19.2. The van der Waals surface area contributed by atoms with E-state index in [-0.39, 0.29) is 25.9 Å². The molecular formula is C67H100O12. The van der Waals surface area contributed by atoms with E-state index in [4.69, 9.17) is 23.7 Å². The number of allylic oxidation sites excluding steroid dienone is 26. The minimum Gasteiger partial charge on any atom is -0.479 e. The van der Waals surface area contributed by atoms with Crippen molar-refractivity contribution in [3.8, 4) is 0 Å². The highest BCUT2D eigenvalue weighted by atomic mass is 16.7. The lowest BCUT2D eigenvalue weighted by Gasteiger charge is -2.40. The van der Waals surface area contributed by atoms with E-state index in [1.807, 2.05) is 30.4 Å². The van der Waals surface area contributed by atoms with Gasteiger partial charge in [0.1, 0.15) is 18.8 Å². The number of rotatable bonds is 47. The highest BCUT2D eigenvalue weighted by molar-refractivity contribution is 5.74. The molecule has 0 aliphatic carbocycles. The Morgan fingerprint density at radius 2 is 0.823 bits per heavy atom. The molecule has 1 rings (SSSR count). The summed E-state index contributed by atoms with van der Waals surface area (Å²) in [5, 5.41) is 31.5. The van der Waals surface area contributed by atoms with Gasteiger partial charge in [0, 0.05) is 19.3 Å². The monoisotopic (exact) mass is 1100 g/mol. The van der Waals surface area contributed by atoms with E-state index in [1.54, 1.807) is 0 Å². The van der Waals surface area contributed by atoms with Gasteiger partial charge < -0.3 is 39.0 Å². The number of hydrogen-bond acceptors (Lipinski definition) is 11. The molecule has 6 atom stereocenters. The summed E-state index contributed by atoms with van der Waals surface area (Å²) in [7, 11) is 0. The maximum atomic E-state index is 13.1. The average molecular weight is 1100 g/mol. The predicted molar refractivity (Wildman–Crippen MR) is 321 cm³/mol. The van der Waals surface area contributed by atoms with Gasteiger partial charge in [-0.05, 0) is 116 Å². The van der Waals surface area contributed by atoms with Gasteiger partial charge in [-0.1, -0.05) is 211 Å². The molecule has 440 valence electrons. The first kappa shape index (κ1) is 71.4. The molecule has 6 unspecified atom stereocenters. The maximum absolute atomic E-state index is 13.1. The molecule has 3 N–H and O–H groups in total. The molecule has 0 aromatic heterocycles. The number of aliphatic carboxylic acids is 1. The minimum atomic E-state index is -1.95. The van der Waals surface area contributed by atoms with Gasteiger partial charge >= 0.3 is 23.9 Å². The quantitative estimate of drug-likeness (QED) is 0.0228. The summed E-state index contributed by atoms with van der Waals surface area (Å²) in [5.74, 6) is -3.39. The average Bonchev–Trinajstić information content (AvgIpc) is 3.48. The molecular weight excluding hydrogens is 997 g/mol. The standard InChI is InChI=1S/C67H100O12/c1-4-7-10-13-16-19-22-24-26-28-30-32-34-36-39-41-44-47-50-53-59(68)75-56-58(77-60(69)54-51-48-45-42-38-21-18-15-12-9-6-3)57-76-67-65(63(72)62(71)64(79-67)66(73)74)78-61(70)55-52-49-46-43-40-37-35-33-31-29-27-25-23-20-17-14-11-8-5-2/h7-8,10-11,15-20,24-27,30-33,36-37,39-40,44,46-47,49,58,62-65,67,71-72H,4-6,9,12-14,21-23,28-29,34-35,38,41-43,45,48,50-57H2,1-3H3,(H,73,74)/b10-7-,11-8-,18-15-,19-16-,20-17-,26-24-,27-25-,32-30-,33-31-,39-36-,40-37-,47-44-,49-46-. The first-order valence-corrected chi connectivity index (χ1v) is 29.5. The fraction of sp³-hybridized carbons (Fsp3) is 0.552. The molecule has 0 bridgehead atoms. The van der Waals surface area contributed by atoms with E-state index >= 15 is 0 Å². The molecule has 0 aromatic rings. The van der Waals surface area contributed by atoms with Gasteiger partial charge in [-0.3, -0.25) is 14.4 Å². The molecule has 0 radical (unpaired) electrons. The predicted octanol–water partition coefficient (Wildman–Crippen LogP) is 15.3. The first-order valence-electron chi connectivity index (χ1n) is 29.5. The lowest BCUT2D eigenvalue weighted by atomic mass is 9.98. The summed E-state index contributed by atoms with van der Waals surface area (Å²) >= 11 is 0. The van der Waals surface area contributed by atoms with Crippen LogP contribution in [0.15, 0.2) is 158 Å². The van der Waals surface area contributed by atoms with Gasteiger partial charge in [0.25, 0.3) is 0 Å². The summed E-state index contributed by atoms with van der Waals surface area (Å²) in [4.78, 5) is 51.0. The Labute approximate surface area is 475 Å². The molecule has 12 heteroatoms. The molecule has 0 saturated carbocycles. The normalized spacial score (nSPS) is 19.0. The lowest BCUT2D eigenvalue weighted by Crippen LogP contribution is -2.61. The molecule has 12 nitrogen and oxygen atoms in total. The molecule has 0 aromatic carbocycles. The van der Waals surface area contributed by atoms with E-state index < -0.39 is 67.3 Å². The lowest BCUT2D eigenvalue weighted by molar-refractivity contribution is -0.301. The van der Waals surface area contributed by atoms with Crippen molar-refractivity contribution in [2.75, 3.05) is 13.2 Å². The Morgan fingerprint density at radius 3 is 1.27 bits per heavy atom. The SMILES string of the molecule is CC/C=C\C/C=C\C/C=C\C/C=C\C/C=C\C/C=C\CCC(=O)OCC(COC1OC(C(=O)O)C(O)C(O)C1OC(=O)CC/C=C\C/C=C\C/C=C\C/C=C\C/C=C\C/C=C\CC)OC(=O)CCCCCCC/C=C\CCCC. The number of hydrogen-bond donors (Lipinski definition) is 3. The van der Waals surface area contributed by atoms with Crippen molar-refractivity contribution < 1.29 is 58.2 Å². The Morgan fingerprint density at radius 1 is 0.430 bits per heavy atom. The second-order valence-electron chi connectivity index (χ2n) is 19.2. The van der Waals surface area contributed by atoms with Crippen LogP contribution in [0.25, 0.3) is 0 Å². The number of carbonyl (C=O) groups excluding carboxylic acids is 3. The number of aliphatic hydroxyl groups excluding tert-OH is 2. The summed E-state index contributed by atoms with van der Waals surface area (Å²) in [6, 6.07) is 0. The van der Waals surface area contributed by atoms with Crippen molar-refractivity contribution in [3.63, 3.8) is 0 Å². The molecule has 79 heavy (non-hydrogen) atoms. The van der Waals surface area contributed by atoms with Crippen molar-refractivity contribution in [2.45, 2.75) is 225 Å². The van der Waals surface area contributed by atoms with Crippen molar-refractivity contribution in [1.29, 1.82) is 0 Å². The van der Waals surface area contributed by atoms with E-state index in [0.29, 0.717) is 32.1 Å². The van der Waals surface area contributed by atoms with Gasteiger partial charge in [-0.15, -0.1) is 0 Å². The summed E-state index contributed by atoms with van der Waals surface area (Å²) in [6.07, 6.45) is 65.3. The zero-order chi connectivity index (χ0) is 57.5. The minimum absolute atomic E-state index is 0.0743. The van der Waals surface area contributed by atoms with E-state index in [9.17, 15) is 34.5 Å². The molecule has 1 aliphatic rings. The second kappa shape index (κ2) is 53.0. The Kier molecular flexibility index (Phi) is 47.9. The van der Waals surface area contributed by atoms with Crippen molar-refractivity contribution in [1.82, 2.24) is 0 Å². The third kappa shape index (κ3) is 42.9. The largest absolute Gasteiger partial charge is 0.479 e. The highest BCUT2D eigenvalue weighted by Gasteiger charge is 2.50. The molecule has 1 saturated heterocycles. The van der Waals surface area contributed by atoms with E-state index in [0.717, 1.165) is 103 Å². The molecule has 1 aliphatic heterocycles. The Hall–Kier alpha value is -5.66. The van der Waals surface area contributed by atoms with Gasteiger partial charge in [0.15, 0.2) is 24.6 Å². The number of unbranched alkanes of at least 4 members (excludes halogenated alkanes) is 7. The fourth-order valence-electron chi connectivity index (χ4n) is 7.63. The zero-order valence-electron chi connectivity index (χ0n) is 48.3. The van der Waals surface area contributed by atoms with Crippen molar-refractivity contribution in [2.24, 2.45) is 0 Å². The van der Waals surface area contributed by atoms with Gasteiger partial charge in [0.2, 0.25) is 0 Å². The van der Waals surface area contributed by atoms with Crippen LogP contribution in [0.2, 0.25) is 0 Å². The Bertz CT molecular complexity index is 1980. The van der Waals surface area contributed by atoms with E-state index in [2.05, 4.69) is 148 Å². The number of esters is 3. The van der Waals surface area contributed by atoms with Crippen LogP contribution >= 0.6 is 0 Å². The van der Waals surface area contributed by atoms with Gasteiger partial charge in [0.05, 0.1) is 6.61 Å². The number of carboxylic acids is 1. The Balaban J connectivity index is 2.77. The number of carbonyl (C=O) groups is 4. The van der Waals surface area contributed by atoms with Crippen LogP contribution in [0.3, 0.4) is 0 Å². The zero-order valence-corrected chi connectivity index (χ0v) is 48.3. The summed E-state index contributed by atoms with van der Waals surface area (Å²) in [6.45, 7) is 5.59. The van der Waals surface area contributed by atoms with Crippen LogP contribution in [0.5, 0.6) is 0 Å². The van der Waals surface area contributed by atoms with Crippen molar-refractivity contribution >= 4 is 23.9 Å². The summed E-state index contributed by atoms with van der Waals surface area (Å²) < 4.78 is 28.2. The van der Waals surface area contributed by atoms with Crippen LogP contribution in [0, 0.1) is 0 Å². The van der Waals surface area contributed by atoms with Crippen LogP contribution in [-0.4, -0.2) is 89.2 Å². The fourth-order valence-corrected chi connectivity index (χ4v) is 7.63. The van der Waals surface area contributed by atoms with Gasteiger partial charge in [-0.2, -0.15) is 0 Å². The maximum Gasteiger partial charge on any atom is 0.335 e. The van der Waals surface area contributed by atoms with Crippen LogP contribution in [0.1, 0.15) is 188 Å². The number of aliphatic hydroxyl groups is 2. The topological polar surface area (TPSA) is 175 Å². The smallest absolute Gasteiger partial charge is 0.335 e. The molecule has 1 heterocycles. The number of carboxylic acid groups (broad SMARTS) is 1.